The van der Waals surface area contributed by atoms with Gasteiger partial charge in [-0.2, -0.15) is 0 Å². The van der Waals surface area contributed by atoms with Crippen LogP contribution >= 0.6 is 0 Å². The van der Waals surface area contributed by atoms with Gasteiger partial charge < -0.3 is 15.5 Å². The minimum atomic E-state index is -0.881. The zero-order valence-electron chi connectivity index (χ0n) is 27.4. The van der Waals surface area contributed by atoms with Crippen LogP contribution in [0.25, 0.3) is 0 Å². The first-order chi connectivity index (χ1) is 21.2. The molecule has 0 radical (unpaired) electrons. The van der Waals surface area contributed by atoms with E-state index in [-0.39, 0.29) is 12.5 Å². The molecule has 0 aliphatic carbocycles. The second-order valence-corrected chi connectivity index (χ2v) is 10.8. The van der Waals surface area contributed by atoms with Gasteiger partial charge in [0.05, 0.1) is 18.8 Å². The van der Waals surface area contributed by atoms with Crippen molar-refractivity contribution in [2.24, 2.45) is 0 Å². The second-order valence-electron chi connectivity index (χ2n) is 10.8. The van der Waals surface area contributed by atoms with E-state index in [1.165, 1.54) is 12.8 Å². The van der Waals surface area contributed by atoms with Crippen LogP contribution in [-0.4, -0.2) is 34.9 Å². The van der Waals surface area contributed by atoms with Crippen molar-refractivity contribution >= 4 is 5.91 Å². The average Bonchev–Trinajstić information content (AvgIpc) is 3.01. The van der Waals surface area contributed by atoms with Crippen molar-refractivity contribution in [1.29, 1.82) is 0 Å². The Bertz CT molecular complexity index is 860. The lowest BCUT2D eigenvalue weighted by Gasteiger charge is -2.19. The van der Waals surface area contributed by atoms with Crippen LogP contribution in [0.5, 0.6) is 0 Å². The van der Waals surface area contributed by atoms with Crippen molar-refractivity contribution in [3.8, 4) is 0 Å². The number of hydrogen-bond acceptors (Lipinski definition) is 3. The van der Waals surface area contributed by atoms with Crippen molar-refractivity contribution in [3.63, 3.8) is 0 Å². The topological polar surface area (TPSA) is 69.6 Å². The zero-order chi connectivity index (χ0) is 31.5. The first-order valence-electron chi connectivity index (χ1n) is 17.0. The van der Waals surface area contributed by atoms with Gasteiger partial charge in [0.25, 0.3) is 0 Å². The van der Waals surface area contributed by atoms with E-state index in [2.05, 4.69) is 104 Å². The van der Waals surface area contributed by atoms with E-state index in [1.807, 2.05) is 6.08 Å². The quantitative estimate of drug-likeness (QED) is 0.0624. The third-order valence-corrected chi connectivity index (χ3v) is 6.79. The predicted octanol–water partition coefficient (Wildman–Crippen LogP) is 9.95. The number of unbranched alkanes of at least 4 members (excludes halogenated alkanes) is 7. The molecule has 242 valence electrons. The second kappa shape index (κ2) is 33.8. The molecule has 0 fully saturated rings. The van der Waals surface area contributed by atoms with Gasteiger partial charge in [-0.15, -0.1) is 0 Å². The molecule has 0 bridgehead atoms. The fourth-order valence-electron chi connectivity index (χ4n) is 4.24. The molecule has 43 heavy (non-hydrogen) atoms. The lowest BCUT2D eigenvalue weighted by Crippen LogP contribution is -2.45. The van der Waals surface area contributed by atoms with E-state index in [0.717, 1.165) is 89.9 Å². The minimum absolute atomic E-state index is 0.106. The van der Waals surface area contributed by atoms with E-state index in [4.69, 9.17) is 0 Å². The van der Waals surface area contributed by atoms with Gasteiger partial charge in [-0.05, 0) is 83.5 Å². The van der Waals surface area contributed by atoms with Gasteiger partial charge in [0.2, 0.25) is 5.91 Å². The molecule has 0 saturated heterocycles. The average molecular weight is 594 g/mol. The number of carbonyl (C=O) groups is 1. The summed E-state index contributed by atoms with van der Waals surface area (Å²) < 4.78 is 0. The molecular formula is C39H63NO3. The highest BCUT2D eigenvalue weighted by Gasteiger charge is 2.17. The normalized spacial score (nSPS) is 14.4. The van der Waals surface area contributed by atoms with E-state index in [1.54, 1.807) is 6.08 Å². The van der Waals surface area contributed by atoms with Crippen LogP contribution in [0.2, 0.25) is 0 Å². The summed E-state index contributed by atoms with van der Waals surface area (Å²) >= 11 is 0. The van der Waals surface area contributed by atoms with Gasteiger partial charge in [-0.3, -0.25) is 4.79 Å². The van der Waals surface area contributed by atoms with Crippen LogP contribution in [0, 0.1) is 0 Å². The first kappa shape index (κ1) is 40.3. The number of aliphatic hydroxyl groups excluding tert-OH is 2. The highest BCUT2D eigenvalue weighted by Crippen LogP contribution is 2.09. The highest BCUT2D eigenvalue weighted by molar-refractivity contribution is 5.76. The number of allylic oxidation sites excluding steroid dienone is 15. The fourth-order valence-corrected chi connectivity index (χ4v) is 4.24. The van der Waals surface area contributed by atoms with Gasteiger partial charge >= 0.3 is 0 Å². The number of nitrogens with one attached hydrogen (secondary N) is 1. The summed E-state index contributed by atoms with van der Waals surface area (Å²) in [5.41, 5.74) is 0. The summed E-state index contributed by atoms with van der Waals surface area (Å²) in [6.07, 6.45) is 50.6. The Morgan fingerprint density at radius 1 is 0.558 bits per heavy atom. The number of aliphatic hydroxyl groups is 2. The van der Waals surface area contributed by atoms with Crippen molar-refractivity contribution in [2.75, 3.05) is 6.61 Å². The lowest BCUT2D eigenvalue weighted by molar-refractivity contribution is -0.123. The number of rotatable bonds is 28. The third-order valence-electron chi connectivity index (χ3n) is 6.79. The van der Waals surface area contributed by atoms with Crippen molar-refractivity contribution < 1.29 is 15.0 Å². The largest absolute Gasteiger partial charge is 0.394 e. The molecule has 3 N–H and O–H groups in total. The zero-order valence-corrected chi connectivity index (χ0v) is 27.4. The van der Waals surface area contributed by atoms with E-state index in [0.29, 0.717) is 6.42 Å². The molecule has 0 aliphatic rings. The SMILES string of the molecule is CC/C=C\C/C=C\C/C=C\C/C=C\C/C=C\CCCCCCCC(=O)NC(CO)C(O)/C=C/CC/C=C/CC/C=C/CC. The fraction of sp³-hybridized carbons (Fsp3) is 0.564. The molecule has 0 aromatic heterocycles. The lowest BCUT2D eigenvalue weighted by atomic mass is 10.1. The summed E-state index contributed by atoms with van der Waals surface area (Å²) in [6.45, 7) is 4.01. The monoisotopic (exact) mass is 593 g/mol. The molecule has 4 heteroatoms. The van der Waals surface area contributed by atoms with Crippen molar-refractivity contribution in [2.45, 2.75) is 135 Å². The Labute approximate surface area is 264 Å². The van der Waals surface area contributed by atoms with Crippen molar-refractivity contribution in [1.82, 2.24) is 5.32 Å². The smallest absolute Gasteiger partial charge is 0.220 e. The first-order valence-corrected chi connectivity index (χ1v) is 17.0. The van der Waals surface area contributed by atoms with Crippen molar-refractivity contribution in [3.05, 3.63) is 97.2 Å². The molecule has 0 spiro atoms. The minimum Gasteiger partial charge on any atom is -0.394 e. The Morgan fingerprint density at radius 2 is 0.977 bits per heavy atom. The number of amides is 1. The molecule has 1 amide bonds. The molecule has 2 atom stereocenters. The predicted molar refractivity (Wildman–Crippen MR) is 188 cm³/mol. The molecule has 0 saturated carbocycles. The maximum atomic E-state index is 12.3. The molecule has 0 aromatic rings. The Morgan fingerprint density at radius 3 is 1.53 bits per heavy atom. The molecule has 0 aliphatic heterocycles. The van der Waals surface area contributed by atoms with E-state index >= 15 is 0 Å². The van der Waals surface area contributed by atoms with Gasteiger partial charge in [0.15, 0.2) is 0 Å². The molecule has 2 unspecified atom stereocenters. The van der Waals surface area contributed by atoms with Crippen LogP contribution in [0.4, 0.5) is 0 Å². The molecule has 4 nitrogen and oxygen atoms in total. The van der Waals surface area contributed by atoms with Crippen LogP contribution in [0.1, 0.15) is 123 Å². The maximum Gasteiger partial charge on any atom is 0.220 e. The third kappa shape index (κ3) is 30.6. The summed E-state index contributed by atoms with van der Waals surface area (Å²) in [4.78, 5) is 12.3. The highest BCUT2D eigenvalue weighted by atomic mass is 16.3. The van der Waals surface area contributed by atoms with Gasteiger partial charge in [0.1, 0.15) is 0 Å². The van der Waals surface area contributed by atoms with Gasteiger partial charge in [0, 0.05) is 6.42 Å². The Hall–Kier alpha value is -2.69. The summed E-state index contributed by atoms with van der Waals surface area (Å²) in [7, 11) is 0. The standard InChI is InChI=1S/C39H63NO3/c1-3-5-7-9-11-13-15-16-17-18-19-20-21-22-23-24-25-27-29-31-33-35-39(43)40-37(36-41)38(42)34-32-30-28-26-14-12-10-8-6-4-2/h5-8,11,13-14,16-17,19-20,22-23,26,32,34,37-38,41-42H,3-4,9-10,12,15,18,21,24-25,27-31,33,35-36H2,1-2H3,(H,40,43)/b7-5-,8-6+,13-11-,17-16-,20-19-,23-22-,26-14+,34-32+. The molecule has 0 heterocycles. The maximum absolute atomic E-state index is 12.3. The molecule has 0 aromatic carbocycles. The van der Waals surface area contributed by atoms with E-state index < -0.39 is 12.1 Å². The summed E-state index contributed by atoms with van der Waals surface area (Å²) in [6, 6.07) is -0.659. The molecular weight excluding hydrogens is 530 g/mol. The van der Waals surface area contributed by atoms with Crippen LogP contribution in [-0.2, 0) is 4.79 Å². The van der Waals surface area contributed by atoms with Gasteiger partial charge in [-0.25, -0.2) is 0 Å². The summed E-state index contributed by atoms with van der Waals surface area (Å²) in [5.74, 6) is -0.106. The van der Waals surface area contributed by atoms with E-state index in [9.17, 15) is 15.0 Å². The van der Waals surface area contributed by atoms with Crippen LogP contribution in [0.15, 0.2) is 97.2 Å². The number of hydrogen-bond donors (Lipinski definition) is 3. The Balaban J connectivity index is 3.77. The molecule has 0 rings (SSSR count). The van der Waals surface area contributed by atoms with Gasteiger partial charge in [-0.1, -0.05) is 130 Å². The number of carbonyl (C=O) groups excluding carboxylic acids is 1. The Kier molecular flexibility index (Phi) is 31.7. The van der Waals surface area contributed by atoms with Crippen LogP contribution in [0.3, 0.4) is 0 Å². The summed E-state index contributed by atoms with van der Waals surface area (Å²) in [5, 5.41) is 22.7. The van der Waals surface area contributed by atoms with Crippen LogP contribution < -0.4 is 5.32 Å².